The molecule has 6 heteroatoms. The zero-order valence-corrected chi connectivity index (χ0v) is 12.2. The predicted octanol–water partition coefficient (Wildman–Crippen LogP) is 2.93. The molecule has 0 saturated heterocycles. The Labute approximate surface area is 127 Å². The van der Waals surface area contributed by atoms with Gasteiger partial charge in [0.1, 0.15) is 0 Å². The Morgan fingerprint density at radius 3 is 2.67 bits per heavy atom. The molecule has 21 heavy (non-hydrogen) atoms. The lowest BCUT2D eigenvalue weighted by molar-refractivity contribution is 0.653. The van der Waals surface area contributed by atoms with E-state index in [1.54, 1.807) is 4.68 Å². The highest BCUT2D eigenvalue weighted by Gasteiger charge is 2.12. The Morgan fingerprint density at radius 1 is 1.14 bits per heavy atom. The van der Waals surface area contributed by atoms with Gasteiger partial charge in [0.2, 0.25) is 0 Å². The molecule has 3 rings (SSSR count). The lowest BCUT2D eigenvalue weighted by Gasteiger charge is -2.09. The normalized spacial score (nSPS) is 10.8. The second kappa shape index (κ2) is 5.54. The quantitative estimate of drug-likeness (QED) is 0.755. The molecule has 0 aliphatic heterocycles. The van der Waals surface area contributed by atoms with E-state index in [0.717, 1.165) is 22.4 Å². The van der Waals surface area contributed by atoms with E-state index in [9.17, 15) is 0 Å². The molecule has 1 heterocycles. The van der Waals surface area contributed by atoms with E-state index in [1.807, 2.05) is 49.4 Å². The summed E-state index contributed by atoms with van der Waals surface area (Å²) in [4.78, 5) is 0. The van der Waals surface area contributed by atoms with Gasteiger partial charge in [0, 0.05) is 16.3 Å². The molecule has 3 aromatic rings. The van der Waals surface area contributed by atoms with Crippen LogP contribution >= 0.6 is 11.6 Å². The van der Waals surface area contributed by atoms with Crippen LogP contribution in [0.4, 0.5) is 5.69 Å². The standard InChI is InChI=1S/C15H14ClN5/c1-10-13(3-2-4-14(10)17)15-18-19-20-21(15)9-11-5-7-12(16)8-6-11/h2-8H,9,17H2,1H3. The summed E-state index contributed by atoms with van der Waals surface area (Å²) >= 11 is 5.90. The Kier molecular flexibility index (Phi) is 3.58. The molecular formula is C15H14ClN5. The molecular weight excluding hydrogens is 286 g/mol. The van der Waals surface area contributed by atoms with E-state index in [-0.39, 0.29) is 0 Å². The molecule has 0 radical (unpaired) electrons. The molecule has 2 aromatic carbocycles. The van der Waals surface area contributed by atoms with Crippen LogP contribution in [0.1, 0.15) is 11.1 Å². The Morgan fingerprint density at radius 2 is 1.90 bits per heavy atom. The summed E-state index contributed by atoms with van der Waals surface area (Å²) in [6, 6.07) is 13.4. The number of benzene rings is 2. The smallest absolute Gasteiger partial charge is 0.182 e. The number of rotatable bonds is 3. The van der Waals surface area contributed by atoms with Crippen molar-refractivity contribution in [3.8, 4) is 11.4 Å². The molecule has 0 amide bonds. The maximum atomic E-state index is 5.95. The SMILES string of the molecule is Cc1c(N)cccc1-c1nnnn1Cc1ccc(Cl)cc1. The third-order valence-corrected chi connectivity index (χ3v) is 3.65. The second-order valence-corrected chi connectivity index (χ2v) is 5.24. The summed E-state index contributed by atoms with van der Waals surface area (Å²) in [5.41, 5.74) is 9.68. The minimum atomic E-state index is 0.577. The number of hydrogen-bond donors (Lipinski definition) is 1. The molecule has 2 N–H and O–H groups in total. The first kappa shape index (κ1) is 13.6. The highest BCUT2D eigenvalue weighted by atomic mass is 35.5. The van der Waals surface area contributed by atoms with E-state index in [4.69, 9.17) is 17.3 Å². The van der Waals surface area contributed by atoms with Crippen molar-refractivity contribution in [2.45, 2.75) is 13.5 Å². The number of tetrazole rings is 1. The van der Waals surface area contributed by atoms with Gasteiger partial charge in [-0.15, -0.1) is 5.10 Å². The van der Waals surface area contributed by atoms with Crippen molar-refractivity contribution in [3.63, 3.8) is 0 Å². The lowest BCUT2D eigenvalue weighted by Crippen LogP contribution is -2.05. The van der Waals surface area contributed by atoms with Crippen LogP contribution in [-0.4, -0.2) is 20.2 Å². The van der Waals surface area contributed by atoms with Gasteiger partial charge in [-0.05, 0) is 46.7 Å². The fourth-order valence-corrected chi connectivity index (χ4v) is 2.29. The molecule has 0 atom stereocenters. The summed E-state index contributed by atoms with van der Waals surface area (Å²) in [7, 11) is 0. The molecule has 5 nitrogen and oxygen atoms in total. The van der Waals surface area contributed by atoms with Crippen molar-refractivity contribution >= 4 is 17.3 Å². The van der Waals surface area contributed by atoms with Crippen LogP contribution in [0.3, 0.4) is 0 Å². The highest BCUT2D eigenvalue weighted by Crippen LogP contribution is 2.25. The van der Waals surface area contributed by atoms with Crippen LogP contribution in [-0.2, 0) is 6.54 Å². The van der Waals surface area contributed by atoms with Gasteiger partial charge < -0.3 is 5.73 Å². The second-order valence-electron chi connectivity index (χ2n) is 4.81. The fourth-order valence-electron chi connectivity index (χ4n) is 2.16. The van der Waals surface area contributed by atoms with Gasteiger partial charge in [-0.3, -0.25) is 0 Å². The van der Waals surface area contributed by atoms with Gasteiger partial charge in [-0.1, -0.05) is 35.9 Å². The van der Waals surface area contributed by atoms with Crippen molar-refractivity contribution in [1.29, 1.82) is 0 Å². The van der Waals surface area contributed by atoms with Crippen LogP contribution in [0.15, 0.2) is 42.5 Å². The van der Waals surface area contributed by atoms with E-state index in [2.05, 4.69) is 15.5 Å². The zero-order valence-electron chi connectivity index (χ0n) is 11.5. The van der Waals surface area contributed by atoms with Crippen molar-refractivity contribution in [1.82, 2.24) is 20.2 Å². The van der Waals surface area contributed by atoms with Crippen molar-refractivity contribution < 1.29 is 0 Å². The summed E-state index contributed by atoms with van der Waals surface area (Å²) < 4.78 is 1.75. The number of anilines is 1. The van der Waals surface area contributed by atoms with E-state index < -0.39 is 0 Å². The van der Waals surface area contributed by atoms with Gasteiger partial charge in [0.25, 0.3) is 0 Å². The first-order valence-electron chi connectivity index (χ1n) is 6.51. The van der Waals surface area contributed by atoms with Crippen LogP contribution in [0.25, 0.3) is 11.4 Å². The summed E-state index contributed by atoms with van der Waals surface area (Å²) in [6.45, 7) is 2.54. The molecule has 106 valence electrons. The van der Waals surface area contributed by atoms with Gasteiger partial charge in [0.15, 0.2) is 5.82 Å². The van der Waals surface area contributed by atoms with Gasteiger partial charge >= 0.3 is 0 Å². The maximum absolute atomic E-state index is 5.95. The zero-order chi connectivity index (χ0) is 14.8. The van der Waals surface area contributed by atoms with E-state index >= 15 is 0 Å². The molecule has 0 spiro atoms. The van der Waals surface area contributed by atoms with Gasteiger partial charge in [-0.2, -0.15) is 0 Å². The number of nitrogens with zero attached hydrogens (tertiary/aromatic N) is 4. The van der Waals surface area contributed by atoms with Gasteiger partial charge in [-0.25, -0.2) is 4.68 Å². The third-order valence-electron chi connectivity index (χ3n) is 3.39. The van der Waals surface area contributed by atoms with Crippen LogP contribution < -0.4 is 5.73 Å². The Balaban J connectivity index is 1.97. The summed E-state index contributed by atoms with van der Waals surface area (Å²) in [5, 5.41) is 12.7. The van der Waals surface area contributed by atoms with Crippen molar-refractivity contribution in [2.75, 3.05) is 5.73 Å². The minimum Gasteiger partial charge on any atom is -0.398 e. The molecule has 0 bridgehead atoms. The molecule has 0 fully saturated rings. The van der Waals surface area contributed by atoms with Gasteiger partial charge in [0.05, 0.1) is 6.54 Å². The number of hydrogen-bond acceptors (Lipinski definition) is 4. The van der Waals surface area contributed by atoms with Crippen LogP contribution in [0, 0.1) is 6.92 Å². The number of aromatic nitrogens is 4. The predicted molar refractivity (Wildman–Crippen MR) is 83.0 cm³/mol. The molecule has 0 aliphatic rings. The minimum absolute atomic E-state index is 0.577. The number of nitrogens with two attached hydrogens (primary N) is 1. The first-order chi connectivity index (χ1) is 10.1. The third kappa shape index (κ3) is 2.73. The highest BCUT2D eigenvalue weighted by molar-refractivity contribution is 6.30. The summed E-state index contributed by atoms with van der Waals surface area (Å²) in [5.74, 6) is 0.703. The Hall–Kier alpha value is -2.40. The average molecular weight is 300 g/mol. The van der Waals surface area contributed by atoms with E-state index in [0.29, 0.717) is 17.4 Å². The van der Waals surface area contributed by atoms with E-state index in [1.165, 1.54) is 0 Å². The maximum Gasteiger partial charge on any atom is 0.182 e. The molecule has 0 aliphatic carbocycles. The first-order valence-corrected chi connectivity index (χ1v) is 6.89. The monoisotopic (exact) mass is 299 g/mol. The Bertz CT molecular complexity index is 764. The fraction of sp³-hybridized carbons (Fsp3) is 0.133. The van der Waals surface area contributed by atoms with Crippen LogP contribution in [0.2, 0.25) is 5.02 Å². The average Bonchev–Trinajstić information content (AvgIpc) is 2.92. The lowest BCUT2D eigenvalue weighted by atomic mass is 10.1. The van der Waals surface area contributed by atoms with Crippen molar-refractivity contribution in [2.24, 2.45) is 0 Å². The number of nitrogen functional groups attached to an aromatic ring is 1. The topological polar surface area (TPSA) is 69.6 Å². The number of halogens is 1. The van der Waals surface area contributed by atoms with Crippen LogP contribution in [0.5, 0.6) is 0 Å². The van der Waals surface area contributed by atoms with Crippen molar-refractivity contribution in [3.05, 3.63) is 58.6 Å². The molecule has 0 saturated carbocycles. The summed E-state index contributed by atoms with van der Waals surface area (Å²) in [6.07, 6.45) is 0. The molecule has 0 unspecified atom stereocenters. The largest absolute Gasteiger partial charge is 0.398 e. The molecule has 1 aromatic heterocycles.